The number of anilines is 1. The van der Waals surface area contributed by atoms with E-state index < -0.39 is 10.0 Å². The average Bonchev–Trinajstić information content (AvgIpc) is 2.45. The Balaban J connectivity index is 2.51. The molecule has 2 aromatic rings. The summed E-state index contributed by atoms with van der Waals surface area (Å²) in [5.41, 5.74) is 1.28. The molecule has 0 saturated carbocycles. The second-order valence-corrected chi connectivity index (χ2v) is 6.46. The SMILES string of the molecule is CN(c1ccccc1C(=O)c1ccccc1)S(C)(=O)=O. The zero-order valence-electron chi connectivity index (χ0n) is 11.3. The van der Waals surface area contributed by atoms with Gasteiger partial charge in [0.2, 0.25) is 10.0 Å². The Hall–Kier alpha value is -2.14. The second kappa shape index (κ2) is 5.46. The van der Waals surface area contributed by atoms with Crippen LogP contribution in [0.15, 0.2) is 54.6 Å². The maximum atomic E-state index is 12.5. The Morgan fingerprint density at radius 2 is 1.50 bits per heavy atom. The summed E-state index contributed by atoms with van der Waals surface area (Å²) in [4.78, 5) is 12.5. The maximum Gasteiger partial charge on any atom is 0.232 e. The van der Waals surface area contributed by atoms with Gasteiger partial charge >= 0.3 is 0 Å². The van der Waals surface area contributed by atoms with Crippen LogP contribution in [0.2, 0.25) is 0 Å². The largest absolute Gasteiger partial charge is 0.289 e. The smallest absolute Gasteiger partial charge is 0.232 e. The lowest BCUT2D eigenvalue weighted by molar-refractivity contribution is 0.103. The van der Waals surface area contributed by atoms with Gasteiger partial charge in [-0.2, -0.15) is 0 Å². The number of hydrogen-bond donors (Lipinski definition) is 0. The van der Waals surface area contributed by atoms with Crippen molar-refractivity contribution in [3.8, 4) is 0 Å². The van der Waals surface area contributed by atoms with Crippen LogP contribution in [0.3, 0.4) is 0 Å². The number of hydrogen-bond acceptors (Lipinski definition) is 3. The van der Waals surface area contributed by atoms with E-state index in [1.807, 2.05) is 6.07 Å². The van der Waals surface area contributed by atoms with Crippen LogP contribution in [-0.4, -0.2) is 27.5 Å². The highest BCUT2D eigenvalue weighted by Crippen LogP contribution is 2.23. The van der Waals surface area contributed by atoms with Gasteiger partial charge in [-0.05, 0) is 12.1 Å². The molecule has 0 radical (unpaired) electrons. The van der Waals surface area contributed by atoms with Crippen molar-refractivity contribution in [2.75, 3.05) is 17.6 Å². The van der Waals surface area contributed by atoms with Crippen molar-refractivity contribution in [2.45, 2.75) is 0 Å². The van der Waals surface area contributed by atoms with Crippen LogP contribution in [0.4, 0.5) is 5.69 Å². The maximum absolute atomic E-state index is 12.5. The van der Waals surface area contributed by atoms with Crippen molar-refractivity contribution in [3.63, 3.8) is 0 Å². The van der Waals surface area contributed by atoms with Gasteiger partial charge in [-0.1, -0.05) is 42.5 Å². The summed E-state index contributed by atoms with van der Waals surface area (Å²) in [7, 11) is -1.98. The van der Waals surface area contributed by atoms with Gasteiger partial charge in [-0.25, -0.2) is 8.42 Å². The van der Waals surface area contributed by atoms with E-state index >= 15 is 0 Å². The molecule has 0 spiro atoms. The van der Waals surface area contributed by atoms with E-state index in [1.54, 1.807) is 48.5 Å². The minimum Gasteiger partial charge on any atom is -0.289 e. The topological polar surface area (TPSA) is 54.5 Å². The predicted molar refractivity (Wildman–Crippen MR) is 79.6 cm³/mol. The Bertz CT molecular complexity index is 724. The van der Waals surface area contributed by atoms with Crippen molar-refractivity contribution in [1.29, 1.82) is 0 Å². The zero-order valence-corrected chi connectivity index (χ0v) is 12.1. The van der Waals surface area contributed by atoms with E-state index in [0.717, 1.165) is 10.6 Å². The number of para-hydroxylation sites is 1. The molecule has 2 aromatic carbocycles. The summed E-state index contributed by atoms with van der Waals surface area (Å²) in [6.07, 6.45) is 1.11. The van der Waals surface area contributed by atoms with E-state index in [4.69, 9.17) is 0 Å². The van der Waals surface area contributed by atoms with Crippen LogP contribution in [0.1, 0.15) is 15.9 Å². The van der Waals surface area contributed by atoms with E-state index in [2.05, 4.69) is 0 Å². The van der Waals surface area contributed by atoms with Gasteiger partial charge < -0.3 is 0 Å². The first-order chi connectivity index (χ1) is 9.41. The highest BCUT2D eigenvalue weighted by atomic mass is 32.2. The molecule has 2 rings (SSSR count). The first-order valence-corrected chi connectivity index (χ1v) is 7.89. The van der Waals surface area contributed by atoms with Crippen molar-refractivity contribution in [3.05, 3.63) is 65.7 Å². The number of rotatable bonds is 4. The minimum absolute atomic E-state index is 0.197. The number of carbonyl (C=O) groups is 1. The highest BCUT2D eigenvalue weighted by Gasteiger charge is 2.19. The third kappa shape index (κ3) is 2.88. The van der Waals surface area contributed by atoms with Gasteiger partial charge in [0.25, 0.3) is 0 Å². The van der Waals surface area contributed by atoms with Gasteiger partial charge in [-0.15, -0.1) is 0 Å². The molecule has 0 aliphatic carbocycles. The minimum atomic E-state index is -3.41. The third-order valence-corrected chi connectivity index (χ3v) is 4.21. The van der Waals surface area contributed by atoms with E-state index in [1.165, 1.54) is 7.05 Å². The van der Waals surface area contributed by atoms with Crippen LogP contribution in [0, 0.1) is 0 Å². The van der Waals surface area contributed by atoms with Gasteiger partial charge in [-0.3, -0.25) is 9.10 Å². The molecule has 0 bridgehead atoms. The Kier molecular flexibility index (Phi) is 3.90. The number of ketones is 1. The van der Waals surface area contributed by atoms with Crippen molar-refractivity contribution in [1.82, 2.24) is 0 Å². The second-order valence-electron chi connectivity index (χ2n) is 4.44. The van der Waals surface area contributed by atoms with Crippen LogP contribution in [-0.2, 0) is 10.0 Å². The molecule has 0 atom stereocenters. The quantitative estimate of drug-likeness (QED) is 0.812. The molecule has 0 fully saturated rings. The molecule has 5 heteroatoms. The van der Waals surface area contributed by atoms with Gasteiger partial charge in [0, 0.05) is 18.2 Å². The normalized spacial score (nSPS) is 11.1. The highest BCUT2D eigenvalue weighted by molar-refractivity contribution is 7.92. The van der Waals surface area contributed by atoms with Gasteiger partial charge in [0.05, 0.1) is 11.9 Å². The van der Waals surface area contributed by atoms with Gasteiger partial charge in [0.1, 0.15) is 0 Å². The number of sulfonamides is 1. The summed E-state index contributed by atoms with van der Waals surface area (Å²) >= 11 is 0. The zero-order chi connectivity index (χ0) is 14.8. The summed E-state index contributed by atoms with van der Waals surface area (Å²) in [5, 5.41) is 0. The van der Waals surface area contributed by atoms with Crippen molar-refractivity contribution >= 4 is 21.5 Å². The summed E-state index contributed by atoms with van der Waals surface area (Å²) in [6, 6.07) is 15.5. The summed E-state index contributed by atoms with van der Waals surface area (Å²) < 4.78 is 24.4. The first-order valence-electron chi connectivity index (χ1n) is 6.04. The molecule has 20 heavy (non-hydrogen) atoms. The lowest BCUT2D eigenvalue weighted by atomic mass is 10.0. The molecule has 4 nitrogen and oxygen atoms in total. The lowest BCUT2D eigenvalue weighted by Gasteiger charge is -2.19. The first kappa shape index (κ1) is 14.3. The Labute approximate surface area is 118 Å². The van der Waals surface area contributed by atoms with Crippen LogP contribution in [0.25, 0.3) is 0 Å². The molecule has 0 heterocycles. The lowest BCUT2D eigenvalue weighted by Crippen LogP contribution is -2.26. The fourth-order valence-electron chi connectivity index (χ4n) is 1.86. The molecular formula is C15H15NO3S. The molecule has 0 aliphatic heterocycles. The molecule has 0 unspecified atom stereocenters. The molecule has 104 valence electrons. The van der Waals surface area contributed by atoms with E-state index in [9.17, 15) is 13.2 Å². The monoisotopic (exact) mass is 289 g/mol. The number of benzene rings is 2. The molecule has 0 N–H and O–H groups in total. The van der Waals surface area contributed by atoms with Gasteiger partial charge in [0.15, 0.2) is 5.78 Å². The number of nitrogens with zero attached hydrogens (tertiary/aromatic N) is 1. The fraction of sp³-hybridized carbons (Fsp3) is 0.133. The summed E-state index contributed by atoms with van der Waals surface area (Å²) in [5.74, 6) is -0.197. The van der Waals surface area contributed by atoms with Crippen LogP contribution in [0.5, 0.6) is 0 Å². The Morgan fingerprint density at radius 3 is 2.10 bits per heavy atom. The third-order valence-electron chi connectivity index (χ3n) is 3.02. The summed E-state index contributed by atoms with van der Waals surface area (Å²) in [6.45, 7) is 0. The standard InChI is InChI=1S/C15H15NO3S/c1-16(20(2,18)19)14-11-7-6-10-13(14)15(17)12-8-4-3-5-9-12/h3-11H,1-2H3. The molecular weight excluding hydrogens is 274 g/mol. The van der Waals surface area contributed by atoms with Crippen LogP contribution >= 0.6 is 0 Å². The molecule has 0 saturated heterocycles. The Morgan fingerprint density at radius 1 is 0.950 bits per heavy atom. The molecule has 0 aromatic heterocycles. The molecule has 0 amide bonds. The van der Waals surface area contributed by atoms with E-state index in [0.29, 0.717) is 16.8 Å². The van der Waals surface area contributed by atoms with E-state index in [-0.39, 0.29) is 5.78 Å². The van der Waals surface area contributed by atoms with Crippen molar-refractivity contribution in [2.24, 2.45) is 0 Å². The van der Waals surface area contributed by atoms with Crippen LogP contribution < -0.4 is 4.31 Å². The molecule has 0 aliphatic rings. The average molecular weight is 289 g/mol. The fourth-order valence-corrected chi connectivity index (χ4v) is 2.38. The predicted octanol–water partition coefficient (Wildman–Crippen LogP) is 2.31. The van der Waals surface area contributed by atoms with Crippen molar-refractivity contribution < 1.29 is 13.2 Å². The number of carbonyl (C=O) groups excluding carboxylic acids is 1.